The van der Waals surface area contributed by atoms with Crippen LogP contribution in [0.15, 0.2) is 60.8 Å². The standard InChI is InChI=1S/C27H27N3O4/c1-16-4-9-24(26(31)29-16)30-15-20-11-21(6-8-23(20)27(30)32)28-14-19-10-18-12-22(33-2)7-5-17(18)13-25(19)34-3/h5-8,10-13,24,28H,1,4,9,14-15H2,2-3H3,(H,29,31). The number of nitrogens with one attached hydrogen (secondary N) is 2. The molecule has 2 N–H and O–H groups in total. The van der Waals surface area contributed by atoms with Gasteiger partial charge in [-0.2, -0.15) is 0 Å². The molecule has 2 aliphatic heterocycles. The fourth-order valence-corrected chi connectivity index (χ4v) is 4.72. The first-order valence-corrected chi connectivity index (χ1v) is 11.3. The molecule has 0 bridgehead atoms. The summed E-state index contributed by atoms with van der Waals surface area (Å²) in [6.07, 6.45) is 1.28. The third-order valence-electron chi connectivity index (χ3n) is 6.57. The fraction of sp³-hybridized carbons (Fsp3) is 0.259. The van der Waals surface area contributed by atoms with E-state index in [1.54, 1.807) is 19.1 Å². The highest BCUT2D eigenvalue weighted by Gasteiger charge is 2.38. The first-order chi connectivity index (χ1) is 16.5. The fourth-order valence-electron chi connectivity index (χ4n) is 4.72. The lowest BCUT2D eigenvalue weighted by atomic mass is 10.0. The van der Waals surface area contributed by atoms with Crippen molar-refractivity contribution < 1.29 is 19.1 Å². The number of piperidine rings is 1. The smallest absolute Gasteiger partial charge is 0.255 e. The van der Waals surface area contributed by atoms with Gasteiger partial charge in [-0.05, 0) is 71.6 Å². The minimum Gasteiger partial charge on any atom is -0.497 e. The molecule has 3 aromatic carbocycles. The average Bonchev–Trinajstić information content (AvgIpc) is 3.17. The van der Waals surface area contributed by atoms with Gasteiger partial charge in [-0.25, -0.2) is 0 Å². The molecule has 7 heteroatoms. The van der Waals surface area contributed by atoms with Crippen molar-refractivity contribution in [1.82, 2.24) is 10.2 Å². The van der Waals surface area contributed by atoms with Crippen LogP contribution in [0.25, 0.3) is 10.8 Å². The van der Waals surface area contributed by atoms with Crippen LogP contribution in [-0.4, -0.2) is 37.0 Å². The Morgan fingerprint density at radius 3 is 2.68 bits per heavy atom. The van der Waals surface area contributed by atoms with Gasteiger partial charge in [0.2, 0.25) is 5.91 Å². The number of anilines is 1. The van der Waals surface area contributed by atoms with Gasteiger partial charge in [0, 0.05) is 35.6 Å². The van der Waals surface area contributed by atoms with Crippen LogP contribution in [-0.2, 0) is 17.9 Å². The highest BCUT2D eigenvalue weighted by atomic mass is 16.5. The van der Waals surface area contributed by atoms with Gasteiger partial charge in [-0.3, -0.25) is 9.59 Å². The van der Waals surface area contributed by atoms with Crippen molar-refractivity contribution in [2.75, 3.05) is 19.5 Å². The molecule has 34 heavy (non-hydrogen) atoms. The topological polar surface area (TPSA) is 79.9 Å². The lowest BCUT2D eigenvalue weighted by Crippen LogP contribution is -2.49. The van der Waals surface area contributed by atoms with E-state index < -0.39 is 6.04 Å². The van der Waals surface area contributed by atoms with E-state index >= 15 is 0 Å². The minimum atomic E-state index is -0.458. The van der Waals surface area contributed by atoms with Crippen LogP contribution in [0, 0.1) is 0 Å². The highest BCUT2D eigenvalue weighted by molar-refractivity contribution is 6.01. The van der Waals surface area contributed by atoms with E-state index in [2.05, 4.69) is 23.3 Å². The summed E-state index contributed by atoms with van der Waals surface area (Å²) >= 11 is 0. The number of hydrogen-bond acceptors (Lipinski definition) is 5. The first kappa shape index (κ1) is 21.8. The summed E-state index contributed by atoms with van der Waals surface area (Å²) in [7, 11) is 3.32. The molecule has 2 aliphatic rings. The zero-order valence-corrected chi connectivity index (χ0v) is 19.3. The zero-order valence-electron chi connectivity index (χ0n) is 19.3. The van der Waals surface area contributed by atoms with Crippen LogP contribution < -0.4 is 20.1 Å². The van der Waals surface area contributed by atoms with Crippen molar-refractivity contribution in [3.63, 3.8) is 0 Å². The van der Waals surface area contributed by atoms with E-state index in [0.717, 1.165) is 39.1 Å². The number of carbonyl (C=O) groups excluding carboxylic acids is 2. The zero-order chi connectivity index (χ0) is 23.8. The lowest BCUT2D eigenvalue weighted by molar-refractivity contribution is -0.126. The van der Waals surface area contributed by atoms with Gasteiger partial charge in [0.25, 0.3) is 5.91 Å². The van der Waals surface area contributed by atoms with Gasteiger partial charge in [0.15, 0.2) is 0 Å². The molecule has 3 aromatic rings. The number of nitrogens with zero attached hydrogens (tertiary/aromatic N) is 1. The average molecular weight is 458 g/mol. The van der Waals surface area contributed by atoms with Crippen LogP contribution in [0.5, 0.6) is 11.5 Å². The lowest BCUT2D eigenvalue weighted by Gasteiger charge is -2.30. The molecule has 1 atom stereocenters. The van der Waals surface area contributed by atoms with Crippen molar-refractivity contribution in [3.8, 4) is 11.5 Å². The summed E-state index contributed by atoms with van der Waals surface area (Å²) in [6.45, 7) is 4.80. The molecule has 5 rings (SSSR count). The molecule has 0 saturated carbocycles. The second-order valence-electron chi connectivity index (χ2n) is 8.68. The molecule has 174 valence electrons. The van der Waals surface area contributed by atoms with Crippen LogP contribution >= 0.6 is 0 Å². The molecule has 7 nitrogen and oxygen atoms in total. The Bertz CT molecular complexity index is 1320. The number of amides is 2. The summed E-state index contributed by atoms with van der Waals surface area (Å²) in [4.78, 5) is 27.0. The maximum absolute atomic E-state index is 13.0. The predicted molar refractivity (Wildman–Crippen MR) is 131 cm³/mol. The van der Waals surface area contributed by atoms with Crippen molar-refractivity contribution in [3.05, 3.63) is 77.5 Å². The second kappa shape index (κ2) is 8.74. The summed E-state index contributed by atoms with van der Waals surface area (Å²) in [6, 6.07) is 15.3. The number of allylic oxidation sites excluding steroid dienone is 1. The quantitative estimate of drug-likeness (QED) is 0.580. The first-order valence-electron chi connectivity index (χ1n) is 11.3. The van der Waals surface area contributed by atoms with Gasteiger partial charge < -0.3 is 25.0 Å². The van der Waals surface area contributed by atoms with Crippen molar-refractivity contribution in [2.24, 2.45) is 0 Å². The Kier molecular flexibility index (Phi) is 5.61. The minimum absolute atomic E-state index is 0.0978. The Morgan fingerprint density at radius 1 is 1.06 bits per heavy atom. The molecule has 0 radical (unpaired) electrons. The summed E-state index contributed by atoms with van der Waals surface area (Å²) < 4.78 is 11.0. The second-order valence-corrected chi connectivity index (χ2v) is 8.68. The Labute approximate surface area is 198 Å². The molecular weight excluding hydrogens is 430 g/mol. The molecule has 2 amide bonds. The number of benzene rings is 3. The summed E-state index contributed by atoms with van der Waals surface area (Å²) in [5.74, 6) is 1.35. The SMILES string of the molecule is C=C1CCC(N2Cc3cc(NCc4cc5cc(OC)ccc5cc4OC)ccc3C2=O)C(=O)N1. The molecular formula is C27H27N3O4. The third kappa shape index (κ3) is 3.94. The number of carbonyl (C=O) groups is 2. The van der Waals surface area contributed by atoms with Crippen LogP contribution in [0.2, 0.25) is 0 Å². The number of hydrogen-bond donors (Lipinski definition) is 2. The Hall–Kier alpha value is -4.00. The molecule has 0 spiro atoms. The Morgan fingerprint density at radius 2 is 1.91 bits per heavy atom. The monoisotopic (exact) mass is 457 g/mol. The molecule has 1 unspecified atom stereocenters. The van der Waals surface area contributed by atoms with Gasteiger partial charge >= 0.3 is 0 Å². The molecule has 0 aromatic heterocycles. The van der Waals surface area contributed by atoms with E-state index in [1.165, 1.54) is 0 Å². The van der Waals surface area contributed by atoms with E-state index in [9.17, 15) is 9.59 Å². The van der Waals surface area contributed by atoms with Crippen molar-refractivity contribution in [2.45, 2.75) is 32.0 Å². The number of fused-ring (bicyclic) bond motifs is 2. The van der Waals surface area contributed by atoms with Gasteiger partial charge in [0.05, 0.1) is 14.2 Å². The maximum atomic E-state index is 13.0. The van der Waals surface area contributed by atoms with Crippen molar-refractivity contribution >= 4 is 28.3 Å². The van der Waals surface area contributed by atoms with Crippen molar-refractivity contribution in [1.29, 1.82) is 0 Å². The Balaban J connectivity index is 1.34. The summed E-state index contributed by atoms with van der Waals surface area (Å²) in [5, 5.41) is 8.37. The number of methoxy groups -OCH3 is 2. The van der Waals surface area contributed by atoms with Crippen LogP contribution in [0.3, 0.4) is 0 Å². The normalized spacial score (nSPS) is 17.5. The van der Waals surface area contributed by atoms with Gasteiger partial charge in [-0.1, -0.05) is 12.6 Å². The predicted octanol–water partition coefficient (Wildman–Crippen LogP) is 4.22. The van der Waals surface area contributed by atoms with E-state index in [1.807, 2.05) is 42.5 Å². The number of ether oxygens (including phenoxy) is 2. The third-order valence-corrected chi connectivity index (χ3v) is 6.57. The molecule has 1 saturated heterocycles. The molecule has 2 heterocycles. The maximum Gasteiger partial charge on any atom is 0.255 e. The largest absolute Gasteiger partial charge is 0.497 e. The van der Waals surface area contributed by atoms with Gasteiger partial charge in [-0.15, -0.1) is 0 Å². The van der Waals surface area contributed by atoms with Gasteiger partial charge in [0.1, 0.15) is 17.5 Å². The molecule has 0 aliphatic carbocycles. The molecule has 1 fully saturated rings. The highest BCUT2D eigenvalue weighted by Crippen LogP contribution is 2.32. The van der Waals surface area contributed by atoms with Crippen LogP contribution in [0.1, 0.15) is 34.3 Å². The van der Waals surface area contributed by atoms with Crippen LogP contribution in [0.4, 0.5) is 5.69 Å². The van der Waals surface area contributed by atoms with E-state index in [4.69, 9.17) is 9.47 Å². The van der Waals surface area contributed by atoms with E-state index in [-0.39, 0.29) is 11.8 Å². The van der Waals surface area contributed by atoms with E-state index in [0.29, 0.717) is 37.2 Å². The number of rotatable bonds is 6. The summed E-state index contributed by atoms with van der Waals surface area (Å²) in [5.41, 5.74) is 4.20.